The average molecular weight is 187 g/mol. The van der Waals surface area contributed by atoms with E-state index in [2.05, 4.69) is 15.0 Å². The van der Waals surface area contributed by atoms with Crippen LogP contribution in [0, 0.1) is 0 Å². The lowest BCUT2D eigenvalue weighted by Gasteiger charge is -2.03. The number of nitrogens with zero attached hydrogens (tertiary/aromatic N) is 3. The highest BCUT2D eigenvalue weighted by atomic mass is 14.9. The van der Waals surface area contributed by atoms with Gasteiger partial charge in [-0.15, -0.1) is 0 Å². The molecule has 2 rings (SSSR count). The van der Waals surface area contributed by atoms with Crippen LogP contribution in [0.25, 0.3) is 11.1 Å². The molecule has 2 aromatic heterocycles. The van der Waals surface area contributed by atoms with E-state index in [1.165, 1.54) is 6.33 Å². The SMILES string of the molecule is Nc1ccc(-c2cncnc2)c(N)n1. The van der Waals surface area contributed by atoms with Gasteiger partial charge in [-0.2, -0.15) is 0 Å². The molecule has 4 N–H and O–H groups in total. The predicted molar refractivity (Wildman–Crippen MR) is 54.1 cm³/mol. The summed E-state index contributed by atoms with van der Waals surface area (Å²) in [7, 11) is 0. The van der Waals surface area contributed by atoms with Crippen LogP contribution in [0.4, 0.5) is 11.6 Å². The molecule has 2 heterocycles. The van der Waals surface area contributed by atoms with Crippen molar-refractivity contribution in [3.63, 3.8) is 0 Å². The summed E-state index contributed by atoms with van der Waals surface area (Å²) in [4.78, 5) is 11.7. The van der Waals surface area contributed by atoms with Crippen molar-refractivity contribution in [2.24, 2.45) is 0 Å². The van der Waals surface area contributed by atoms with E-state index in [1.54, 1.807) is 24.5 Å². The zero-order valence-electron chi connectivity index (χ0n) is 7.38. The Balaban J connectivity index is 2.53. The fourth-order valence-corrected chi connectivity index (χ4v) is 1.17. The lowest BCUT2D eigenvalue weighted by molar-refractivity contribution is 1.17. The predicted octanol–water partition coefficient (Wildman–Crippen LogP) is 0.703. The van der Waals surface area contributed by atoms with Gasteiger partial charge in [0.05, 0.1) is 0 Å². The molecule has 0 radical (unpaired) electrons. The maximum absolute atomic E-state index is 5.71. The number of anilines is 2. The molecule has 0 aliphatic rings. The molecule has 0 amide bonds. The first-order valence-electron chi connectivity index (χ1n) is 4.05. The summed E-state index contributed by atoms with van der Waals surface area (Å²) >= 11 is 0. The molecule has 2 aromatic rings. The van der Waals surface area contributed by atoms with Gasteiger partial charge in [-0.1, -0.05) is 0 Å². The van der Waals surface area contributed by atoms with Crippen LogP contribution in [-0.2, 0) is 0 Å². The number of hydrogen-bond donors (Lipinski definition) is 2. The van der Waals surface area contributed by atoms with Gasteiger partial charge in [-0.3, -0.25) is 0 Å². The molecule has 70 valence electrons. The van der Waals surface area contributed by atoms with Crippen LogP contribution in [0.15, 0.2) is 30.9 Å². The Morgan fingerprint density at radius 1 is 1.00 bits per heavy atom. The summed E-state index contributed by atoms with van der Waals surface area (Å²) < 4.78 is 0. The Morgan fingerprint density at radius 3 is 2.36 bits per heavy atom. The minimum absolute atomic E-state index is 0.389. The minimum Gasteiger partial charge on any atom is -0.384 e. The van der Waals surface area contributed by atoms with Crippen molar-refractivity contribution >= 4 is 11.6 Å². The Bertz CT molecular complexity index is 440. The second-order valence-corrected chi connectivity index (χ2v) is 2.80. The van der Waals surface area contributed by atoms with E-state index in [0.717, 1.165) is 11.1 Å². The van der Waals surface area contributed by atoms with Gasteiger partial charge in [0.2, 0.25) is 0 Å². The van der Waals surface area contributed by atoms with Crippen molar-refractivity contribution < 1.29 is 0 Å². The van der Waals surface area contributed by atoms with E-state index >= 15 is 0 Å². The van der Waals surface area contributed by atoms with Crippen LogP contribution in [0.2, 0.25) is 0 Å². The van der Waals surface area contributed by atoms with Crippen molar-refractivity contribution in [3.8, 4) is 11.1 Å². The normalized spacial score (nSPS) is 10.0. The Labute approximate surface area is 80.8 Å². The largest absolute Gasteiger partial charge is 0.384 e. The molecule has 0 atom stereocenters. The second kappa shape index (κ2) is 3.29. The molecule has 0 aromatic carbocycles. The quantitative estimate of drug-likeness (QED) is 0.685. The standard InChI is InChI=1S/C9H9N5/c10-8-2-1-7(9(11)14-8)6-3-12-5-13-4-6/h1-5H,(H4,10,11,14). The Kier molecular flexibility index (Phi) is 1.98. The maximum atomic E-state index is 5.71. The van der Waals surface area contributed by atoms with Gasteiger partial charge in [-0.05, 0) is 12.1 Å². The molecular weight excluding hydrogens is 178 g/mol. The van der Waals surface area contributed by atoms with Gasteiger partial charge in [0.15, 0.2) is 0 Å². The monoisotopic (exact) mass is 187 g/mol. The number of nitrogens with two attached hydrogens (primary N) is 2. The molecular formula is C9H9N5. The molecule has 0 unspecified atom stereocenters. The minimum atomic E-state index is 0.389. The highest BCUT2D eigenvalue weighted by Gasteiger charge is 2.03. The first kappa shape index (κ1) is 8.43. The third kappa shape index (κ3) is 1.47. The van der Waals surface area contributed by atoms with Crippen LogP contribution in [0.5, 0.6) is 0 Å². The maximum Gasteiger partial charge on any atom is 0.133 e. The first-order chi connectivity index (χ1) is 6.77. The summed E-state index contributed by atoms with van der Waals surface area (Å²) in [5.41, 5.74) is 12.8. The van der Waals surface area contributed by atoms with E-state index in [0.29, 0.717) is 11.6 Å². The number of rotatable bonds is 1. The molecule has 0 fully saturated rings. The molecule has 5 nitrogen and oxygen atoms in total. The van der Waals surface area contributed by atoms with Crippen molar-refractivity contribution in [2.45, 2.75) is 0 Å². The summed E-state index contributed by atoms with van der Waals surface area (Å²) in [5, 5.41) is 0. The third-order valence-corrected chi connectivity index (χ3v) is 1.82. The van der Waals surface area contributed by atoms with Gasteiger partial charge in [0.25, 0.3) is 0 Å². The molecule has 0 bridgehead atoms. The summed E-state index contributed by atoms with van der Waals surface area (Å²) in [6, 6.07) is 3.50. The van der Waals surface area contributed by atoms with E-state index in [9.17, 15) is 0 Å². The zero-order chi connectivity index (χ0) is 9.97. The van der Waals surface area contributed by atoms with Crippen molar-refractivity contribution in [3.05, 3.63) is 30.9 Å². The molecule has 0 aliphatic heterocycles. The smallest absolute Gasteiger partial charge is 0.133 e. The molecule has 14 heavy (non-hydrogen) atoms. The lowest BCUT2D eigenvalue weighted by Crippen LogP contribution is -1.98. The van der Waals surface area contributed by atoms with E-state index < -0.39 is 0 Å². The number of pyridine rings is 1. The lowest BCUT2D eigenvalue weighted by atomic mass is 10.1. The Morgan fingerprint density at radius 2 is 1.71 bits per heavy atom. The average Bonchev–Trinajstić information content (AvgIpc) is 2.19. The van der Waals surface area contributed by atoms with Crippen LogP contribution in [0.3, 0.4) is 0 Å². The van der Waals surface area contributed by atoms with Crippen molar-refractivity contribution in [2.75, 3.05) is 11.5 Å². The first-order valence-corrected chi connectivity index (χ1v) is 4.05. The fourth-order valence-electron chi connectivity index (χ4n) is 1.17. The highest BCUT2D eigenvalue weighted by Crippen LogP contribution is 2.23. The zero-order valence-corrected chi connectivity index (χ0v) is 7.38. The fraction of sp³-hybridized carbons (Fsp3) is 0. The number of nitrogen functional groups attached to an aromatic ring is 2. The van der Waals surface area contributed by atoms with Crippen LogP contribution in [0.1, 0.15) is 0 Å². The van der Waals surface area contributed by atoms with Crippen molar-refractivity contribution in [1.29, 1.82) is 0 Å². The Hall–Kier alpha value is -2.17. The molecule has 0 spiro atoms. The van der Waals surface area contributed by atoms with Crippen LogP contribution in [-0.4, -0.2) is 15.0 Å². The second-order valence-electron chi connectivity index (χ2n) is 2.80. The van der Waals surface area contributed by atoms with Crippen LogP contribution >= 0.6 is 0 Å². The van der Waals surface area contributed by atoms with Crippen molar-refractivity contribution in [1.82, 2.24) is 15.0 Å². The summed E-state index contributed by atoms with van der Waals surface area (Å²) in [6.07, 6.45) is 4.82. The topological polar surface area (TPSA) is 90.7 Å². The molecule has 0 saturated heterocycles. The van der Waals surface area contributed by atoms with E-state index in [4.69, 9.17) is 11.5 Å². The third-order valence-electron chi connectivity index (χ3n) is 1.82. The van der Waals surface area contributed by atoms with Gasteiger partial charge < -0.3 is 11.5 Å². The highest BCUT2D eigenvalue weighted by molar-refractivity contribution is 5.73. The van der Waals surface area contributed by atoms with Crippen LogP contribution < -0.4 is 11.5 Å². The van der Waals surface area contributed by atoms with Gasteiger partial charge in [0, 0.05) is 23.5 Å². The van der Waals surface area contributed by atoms with Gasteiger partial charge >= 0.3 is 0 Å². The molecule has 0 aliphatic carbocycles. The summed E-state index contributed by atoms with van der Waals surface area (Å²) in [6.45, 7) is 0. The summed E-state index contributed by atoms with van der Waals surface area (Å²) in [5.74, 6) is 0.794. The van der Waals surface area contributed by atoms with Gasteiger partial charge in [-0.25, -0.2) is 15.0 Å². The molecule has 0 saturated carbocycles. The molecule has 5 heteroatoms. The number of hydrogen-bond acceptors (Lipinski definition) is 5. The van der Waals surface area contributed by atoms with E-state index in [-0.39, 0.29) is 0 Å². The van der Waals surface area contributed by atoms with E-state index in [1.807, 2.05) is 0 Å². The number of aromatic nitrogens is 3. The van der Waals surface area contributed by atoms with Gasteiger partial charge in [0.1, 0.15) is 18.0 Å².